The maximum absolute atomic E-state index is 13.8. The van der Waals surface area contributed by atoms with Gasteiger partial charge in [-0.1, -0.05) is 0 Å². The lowest BCUT2D eigenvalue weighted by Gasteiger charge is -2.19. The predicted molar refractivity (Wildman–Crippen MR) is 104 cm³/mol. The third-order valence-electron chi connectivity index (χ3n) is 4.85. The monoisotopic (exact) mass is 478 g/mol. The number of hydrogen-bond acceptors (Lipinski definition) is 4. The molecule has 2 aromatic carbocycles. The van der Waals surface area contributed by atoms with E-state index < -0.39 is 57.0 Å². The zero-order valence-electron chi connectivity index (χ0n) is 16.9. The smallest absolute Gasteiger partial charge is 0.246 e. The van der Waals surface area contributed by atoms with Gasteiger partial charge in [0.25, 0.3) is 0 Å². The fourth-order valence-corrected chi connectivity index (χ4v) is 4.98. The number of carbonyl (C=O) groups excluding carboxylic acids is 1. The Hall–Kier alpha value is -2.73. The van der Waals surface area contributed by atoms with Crippen LogP contribution in [0.4, 0.5) is 27.6 Å². The van der Waals surface area contributed by atoms with Crippen molar-refractivity contribution in [2.75, 3.05) is 25.0 Å². The number of hydrogen-bond donors (Lipinski definition) is 1. The number of sulfonamides is 1. The molecule has 6 nitrogen and oxygen atoms in total. The molecule has 2 aromatic rings. The van der Waals surface area contributed by atoms with Crippen LogP contribution in [0.25, 0.3) is 0 Å². The van der Waals surface area contributed by atoms with Crippen molar-refractivity contribution in [2.45, 2.75) is 31.1 Å². The van der Waals surface area contributed by atoms with Crippen molar-refractivity contribution in [1.82, 2.24) is 4.31 Å². The van der Waals surface area contributed by atoms with Gasteiger partial charge in [-0.25, -0.2) is 30.4 Å². The molecule has 3 rings (SSSR count). The molecular weight excluding hydrogens is 459 g/mol. The summed E-state index contributed by atoms with van der Waals surface area (Å²) in [6.45, 7) is 2.48. The van der Waals surface area contributed by atoms with Crippen LogP contribution in [0.5, 0.6) is 5.75 Å². The van der Waals surface area contributed by atoms with Gasteiger partial charge in [0.1, 0.15) is 10.6 Å². The molecule has 1 N–H and O–H groups in total. The number of benzene rings is 2. The van der Waals surface area contributed by atoms with E-state index in [2.05, 4.69) is 5.32 Å². The van der Waals surface area contributed by atoms with Gasteiger partial charge in [-0.3, -0.25) is 4.79 Å². The van der Waals surface area contributed by atoms with Crippen molar-refractivity contribution >= 4 is 21.6 Å². The van der Waals surface area contributed by atoms with Crippen molar-refractivity contribution in [1.29, 1.82) is 0 Å². The molecule has 174 valence electrons. The Kier molecular flexibility index (Phi) is 7.03. The molecule has 0 saturated carbocycles. The van der Waals surface area contributed by atoms with Crippen LogP contribution in [0, 0.1) is 29.1 Å². The summed E-state index contributed by atoms with van der Waals surface area (Å²) in [4.78, 5) is 12.0. The predicted octanol–water partition coefficient (Wildman–Crippen LogP) is 3.75. The average molecular weight is 478 g/mol. The maximum atomic E-state index is 13.8. The molecule has 1 aliphatic heterocycles. The van der Waals surface area contributed by atoms with E-state index in [1.54, 1.807) is 6.92 Å². The highest BCUT2D eigenvalue weighted by Gasteiger charge is 2.31. The van der Waals surface area contributed by atoms with E-state index in [-0.39, 0.29) is 22.9 Å². The summed E-state index contributed by atoms with van der Waals surface area (Å²) in [5.41, 5.74) is -1.35. The Balaban J connectivity index is 1.89. The van der Waals surface area contributed by atoms with E-state index in [9.17, 15) is 35.2 Å². The van der Waals surface area contributed by atoms with Crippen LogP contribution in [0.1, 0.15) is 25.3 Å². The Bertz CT molecular complexity index is 1120. The first-order valence-electron chi connectivity index (χ1n) is 9.65. The standard InChI is InChI=1S/C20H19F5N2O4S/c1-2-31-13-6-5-11(9-14(13)32(29,30)27-7-3-4-8-27)26-15(28)10-12-16(21)18(23)20(25)19(24)17(12)22/h5-6,9H,2-4,7-8,10H2,1H3,(H,26,28). The molecular formula is C20H19F5N2O4S. The van der Waals surface area contributed by atoms with Gasteiger partial charge >= 0.3 is 0 Å². The Morgan fingerprint density at radius 1 is 1.00 bits per heavy atom. The van der Waals surface area contributed by atoms with Gasteiger partial charge in [-0.2, -0.15) is 4.31 Å². The van der Waals surface area contributed by atoms with Crippen molar-refractivity contribution in [3.05, 3.63) is 52.8 Å². The van der Waals surface area contributed by atoms with Crippen LogP contribution in [0.3, 0.4) is 0 Å². The molecule has 1 fully saturated rings. The van der Waals surface area contributed by atoms with Crippen LogP contribution >= 0.6 is 0 Å². The van der Waals surface area contributed by atoms with Gasteiger partial charge in [-0.05, 0) is 38.0 Å². The minimum Gasteiger partial charge on any atom is -0.492 e. The summed E-state index contributed by atoms with van der Waals surface area (Å²) in [5, 5.41) is 2.22. The second-order valence-corrected chi connectivity index (χ2v) is 8.89. The topological polar surface area (TPSA) is 75.7 Å². The Morgan fingerprint density at radius 3 is 2.12 bits per heavy atom. The van der Waals surface area contributed by atoms with Crippen LogP contribution in [0.2, 0.25) is 0 Å². The minimum absolute atomic E-state index is 0.0529. The molecule has 0 unspecified atom stereocenters. The largest absolute Gasteiger partial charge is 0.492 e. The molecule has 0 atom stereocenters. The molecule has 1 saturated heterocycles. The highest BCUT2D eigenvalue weighted by molar-refractivity contribution is 7.89. The summed E-state index contributed by atoms with van der Waals surface area (Å²) in [5.74, 6) is -11.9. The zero-order valence-corrected chi connectivity index (χ0v) is 17.7. The first-order chi connectivity index (χ1) is 15.1. The molecule has 0 bridgehead atoms. The Labute approximate surface area is 181 Å². The minimum atomic E-state index is -3.94. The molecule has 1 heterocycles. The number of nitrogens with zero attached hydrogens (tertiary/aromatic N) is 1. The summed E-state index contributed by atoms with van der Waals surface area (Å²) >= 11 is 0. The van der Waals surface area contributed by atoms with Gasteiger partial charge in [0.2, 0.25) is 21.7 Å². The van der Waals surface area contributed by atoms with E-state index in [0.717, 1.165) is 6.07 Å². The summed E-state index contributed by atoms with van der Waals surface area (Å²) < 4.78 is 100. The molecule has 1 amide bonds. The number of ether oxygens (including phenoxy) is 1. The van der Waals surface area contributed by atoms with E-state index in [1.807, 2.05) is 0 Å². The highest BCUT2D eigenvalue weighted by atomic mass is 32.2. The van der Waals surface area contributed by atoms with Crippen molar-refractivity contribution in [3.63, 3.8) is 0 Å². The summed E-state index contributed by atoms with van der Waals surface area (Å²) in [7, 11) is -3.94. The molecule has 0 aliphatic carbocycles. The lowest BCUT2D eigenvalue weighted by atomic mass is 10.1. The summed E-state index contributed by atoms with van der Waals surface area (Å²) in [6.07, 6.45) is 0.232. The fourth-order valence-electron chi connectivity index (χ4n) is 3.30. The van der Waals surface area contributed by atoms with E-state index in [4.69, 9.17) is 4.74 Å². The van der Waals surface area contributed by atoms with Gasteiger partial charge in [0.05, 0.1) is 13.0 Å². The second kappa shape index (κ2) is 9.41. The molecule has 0 radical (unpaired) electrons. The number of halogens is 5. The van der Waals surface area contributed by atoms with Crippen LogP contribution in [-0.4, -0.2) is 38.3 Å². The van der Waals surface area contributed by atoms with Gasteiger partial charge in [0, 0.05) is 24.3 Å². The normalized spacial score (nSPS) is 14.6. The number of anilines is 1. The maximum Gasteiger partial charge on any atom is 0.246 e. The van der Waals surface area contributed by atoms with Gasteiger partial charge in [-0.15, -0.1) is 0 Å². The van der Waals surface area contributed by atoms with Crippen LogP contribution in [-0.2, 0) is 21.2 Å². The number of nitrogens with one attached hydrogen (secondary N) is 1. The number of rotatable bonds is 7. The number of carbonyl (C=O) groups is 1. The quantitative estimate of drug-likeness (QED) is 0.374. The molecule has 0 aromatic heterocycles. The summed E-state index contributed by atoms with van der Waals surface area (Å²) in [6, 6.07) is 3.72. The van der Waals surface area contributed by atoms with Crippen LogP contribution < -0.4 is 10.1 Å². The van der Waals surface area contributed by atoms with E-state index >= 15 is 0 Å². The van der Waals surface area contributed by atoms with Gasteiger partial charge in [0.15, 0.2) is 23.3 Å². The zero-order chi connectivity index (χ0) is 23.6. The third kappa shape index (κ3) is 4.56. The average Bonchev–Trinajstić information content (AvgIpc) is 3.31. The van der Waals surface area contributed by atoms with Crippen molar-refractivity contribution in [2.24, 2.45) is 0 Å². The SMILES string of the molecule is CCOc1ccc(NC(=O)Cc2c(F)c(F)c(F)c(F)c2F)cc1S(=O)(=O)N1CCCC1. The van der Waals surface area contributed by atoms with Crippen LogP contribution in [0.15, 0.2) is 23.1 Å². The van der Waals surface area contributed by atoms with E-state index in [1.165, 1.54) is 16.4 Å². The first-order valence-corrected chi connectivity index (χ1v) is 11.1. The van der Waals surface area contributed by atoms with Gasteiger partial charge < -0.3 is 10.1 Å². The lowest BCUT2D eigenvalue weighted by Crippen LogP contribution is -2.28. The fraction of sp³-hybridized carbons (Fsp3) is 0.350. The Morgan fingerprint density at radius 2 is 1.56 bits per heavy atom. The lowest BCUT2D eigenvalue weighted by molar-refractivity contribution is -0.115. The van der Waals surface area contributed by atoms with Crippen molar-refractivity contribution in [3.8, 4) is 5.75 Å². The first kappa shape index (κ1) is 23.9. The number of amides is 1. The second-order valence-electron chi connectivity index (χ2n) is 6.98. The molecule has 0 spiro atoms. The van der Waals surface area contributed by atoms with Crippen molar-refractivity contribution < 1.29 is 39.9 Å². The third-order valence-corrected chi connectivity index (χ3v) is 6.77. The molecule has 32 heavy (non-hydrogen) atoms. The molecule has 12 heteroatoms. The van der Waals surface area contributed by atoms with E-state index in [0.29, 0.717) is 25.9 Å². The highest BCUT2D eigenvalue weighted by Crippen LogP contribution is 2.32. The molecule has 1 aliphatic rings.